The molecule has 0 fully saturated rings. The summed E-state index contributed by atoms with van der Waals surface area (Å²) in [5.41, 5.74) is -0.662. The summed E-state index contributed by atoms with van der Waals surface area (Å²) in [4.78, 5) is 12.5. The molecule has 0 saturated heterocycles. The van der Waals surface area contributed by atoms with Crippen LogP contribution in [0.15, 0.2) is 12.3 Å². The van der Waals surface area contributed by atoms with Gasteiger partial charge in [-0.25, -0.2) is 4.98 Å². The van der Waals surface area contributed by atoms with Crippen LogP contribution in [0.5, 0.6) is 0 Å². The smallest absolute Gasteiger partial charge is 0.258 e. The predicted molar refractivity (Wildman–Crippen MR) is 35.9 cm³/mol. The molecule has 0 aliphatic rings. The third kappa shape index (κ3) is 1.62. The minimum Gasteiger partial charge on any atom is -0.258 e. The Balaban J connectivity index is 3.23. The maximum atomic E-state index is 12.5. The lowest BCUT2D eigenvalue weighted by molar-refractivity contribution is -0.387. The average Bonchev–Trinajstić information content (AvgIpc) is 1.94. The molecular formula is C5H2ClFN2O2. The Bertz CT molecular complexity index is 305. The number of aromatic nitrogens is 1. The summed E-state index contributed by atoms with van der Waals surface area (Å²) in [6, 6.07) is 0.858. The normalized spacial score (nSPS) is 9.64. The fourth-order valence-electron chi connectivity index (χ4n) is 0.543. The first-order valence-electron chi connectivity index (χ1n) is 2.56. The Morgan fingerprint density at radius 1 is 1.73 bits per heavy atom. The molecule has 0 saturated carbocycles. The molecule has 0 unspecified atom stereocenters. The van der Waals surface area contributed by atoms with Crippen LogP contribution >= 0.6 is 11.6 Å². The third-order valence-corrected chi connectivity index (χ3v) is 1.21. The summed E-state index contributed by atoms with van der Waals surface area (Å²) in [7, 11) is 0. The van der Waals surface area contributed by atoms with Gasteiger partial charge in [0.25, 0.3) is 0 Å². The first-order chi connectivity index (χ1) is 5.11. The van der Waals surface area contributed by atoms with Crippen LogP contribution in [0.3, 0.4) is 0 Å². The highest BCUT2D eigenvalue weighted by atomic mass is 35.5. The fraction of sp³-hybridized carbons (Fsp3) is 0. The van der Waals surface area contributed by atoms with Gasteiger partial charge in [-0.2, -0.15) is 4.39 Å². The van der Waals surface area contributed by atoms with Gasteiger partial charge < -0.3 is 0 Å². The Labute approximate surface area is 65.8 Å². The van der Waals surface area contributed by atoms with E-state index in [9.17, 15) is 14.5 Å². The second-order valence-electron chi connectivity index (χ2n) is 1.72. The van der Waals surface area contributed by atoms with Crippen LogP contribution in [-0.4, -0.2) is 9.91 Å². The molecule has 1 aromatic rings. The van der Waals surface area contributed by atoms with Gasteiger partial charge in [-0.05, 0) is 0 Å². The molecule has 1 rings (SSSR count). The Morgan fingerprint density at radius 3 is 2.82 bits per heavy atom. The van der Waals surface area contributed by atoms with E-state index in [1.165, 1.54) is 0 Å². The van der Waals surface area contributed by atoms with Gasteiger partial charge in [0.15, 0.2) is 0 Å². The lowest BCUT2D eigenvalue weighted by Crippen LogP contribution is -1.92. The molecule has 0 N–H and O–H groups in total. The molecule has 1 heterocycles. The van der Waals surface area contributed by atoms with Gasteiger partial charge in [0.05, 0.1) is 17.2 Å². The van der Waals surface area contributed by atoms with E-state index in [-0.39, 0.29) is 5.15 Å². The standard InChI is InChI=1S/C5H2ClFN2O2/c6-5-1-4(9(10)11)3(7)2-8-5/h1-2H. The van der Waals surface area contributed by atoms with Crippen molar-refractivity contribution in [3.63, 3.8) is 0 Å². The summed E-state index contributed by atoms with van der Waals surface area (Å²) in [5, 5.41) is 9.95. The molecule has 11 heavy (non-hydrogen) atoms. The van der Waals surface area contributed by atoms with Crippen molar-refractivity contribution in [3.05, 3.63) is 33.3 Å². The van der Waals surface area contributed by atoms with E-state index in [2.05, 4.69) is 4.98 Å². The topological polar surface area (TPSA) is 56.0 Å². The summed E-state index contributed by atoms with van der Waals surface area (Å²) in [5.74, 6) is -0.987. The summed E-state index contributed by atoms with van der Waals surface area (Å²) >= 11 is 5.28. The van der Waals surface area contributed by atoms with Crippen LogP contribution in [0.4, 0.5) is 10.1 Å². The van der Waals surface area contributed by atoms with Gasteiger partial charge in [-0.15, -0.1) is 0 Å². The lowest BCUT2D eigenvalue weighted by atomic mass is 10.4. The van der Waals surface area contributed by atoms with E-state index in [4.69, 9.17) is 11.6 Å². The van der Waals surface area contributed by atoms with E-state index in [0.717, 1.165) is 6.07 Å². The second-order valence-corrected chi connectivity index (χ2v) is 2.10. The number of halogens is 2. The van der Waals surface area contributed by atoms with Gasteiger partial charge in [0.1, 0.15) is 5.15 Å². The molecule has 0 radical (unpaired) electrons. The Kier molecular flexibility index (Phi) is 2.00. The van der Waals surface area contributed by atoms with Gasteiger partial charge in [0, 0.05) is 0 Å². The average molecular weight is 177 g/mol. The van der Waals surface area contributed by atoms with Crippen molar-refractivity contribution >= 4 is 17.3 Å². The molecule has 0 amide bonds. The van der Waals surface area contributed by atoms with E-state index in [1.54, 1.807) is 0 Å². The van der Waals surface area contributed by atoms with E-state index in [1.807, 2.05) is 0 Å². The van der Waals surface area contributed by atoms with Crippen LogP contribution < -0.4 is 0 Å². The lowest BCUT2D eigenvalue weighted by Gasteiger charge is -1.91. The second kappa shape index (κ2) is 2.79. The summed E-state index contributed by atoms with van der Waals surface area (Å²) in [6.07, 6.45) is 0.709. The van der Waals surface area contributed by atoms with E-state index >= 15 is 0 Å². The molecule has 58 valence electrons. The van der Waals surface area contributed by atoms with Crippen molar-refractivity contribution in [2.45, 2.75) is 0 Å². The van der Waals surface area contributed by atoms with Crippen LogP contribution in [0.2, 0.25) is 5.15 Å². The zero-order valence-corrected chi connectivity index (χ0v) is 5.88. The van der Waals surface area contributed by atoms with Gasteiger partial charge in [0.2, 0.25) is 5.82 Å². The van der Waals surface area contributed by atoms with Crippen LogP contribution in [0.25, 0.3) is 0 Å². The number of rotatable bonds is 1. The van der Waals surface area contributed by atoms with Gasteiger partial charge in [-0.1, -0.05) is 11.6 Å². The van der Waals surface area contributed by atoms with Crippen molar-refractivity contribution in [2.75, 3.05) is 0 Å². The zero-order valence-electron chi connectivity index (χ0n) is 5.12. The first-order valence-corrected chi connectivity index (χ1v) is 2.94. The molecule has 0 aromatic carbocycles. The van der Waals surface area contributed by atoms with Crippen molar-refractivity contribution in [2.24, 2.45) is 0 Å². The SMILES string of the molecule is O=[N+]([O-])c1cc(Cl)ncc1F. The van der Waals surface area contributed by atoms with Crippen molar-refractivity contribution in [1.82, 2.24) is 4.98 Å². The minimum absolute atomic E-state index is 0.0990. The number of nitrogens with zero attached hydrogens (tertiary/aromatic N) is 2. The number of hydrogen-bond donors (Lipinski definition) is 0. The van der Waals surface area contributed by atoms with Crippen molar-refractivity contribution < 1.29 is 9.31 Å². The molecular weight excluding hydrogens is 175 g/mol. The summed E-state index contributed by atoms with van der Waals surface area (Å²) < 4.78 is 12.5. The molecule has 6 heteroatoms. The molecule has 0 aliphatic carbocycles. The highest BCUT2D eigenvalue weighted by molar-refractivity contribution is 6.29. The molecule has 1 aromatic heterocycles. The molecule has 0 aliphatic heterocycles. The fourth-order valence-corrected chi connectivity index (χ4v) is 0.696. The molecule has 4 nitrogen and oxygen atoms in total. The number of hydrogen-bond acceptors (Lipinski definition) is 3. The zero-order chi connectivity index (χ0) is 8.43. The maximum absolute atomic E-state index is 12.5. The Hall–Kier alpha value is -1.23. The highest BCUT2D eigenvalue weighted by Crippen LogP contribution is 2.18. The number of pyridine rings is 1. The first kappa shape index (κ1) is 7.87. The predicted octanol–water partition coefficient (Wildman–Crippen LogP) is 1.78. The molecule has 0 bridgehead atoms. The van der Waals surface area contributed by atoms with Gasteiger partial charge in [-0.3, -0.25) is 10.1 Å². The minimum atomic E-state index is -0.987. The van der Waals surface area contributed by atoms with E-state index < -0.39 is 16.4 Å². The van der Waals surface area contributed by atoms with Crippen molar-refractivity contribution in [3.8, 4) is 0 Å². The summed E-state index contributed by atoms with van der Waals surface area (Å²) in [6.45, 7) is 0. The molecule has 0 spiro atoms. The number of nitro groups is 1. The van der Waals surface area contributed by atoms with Crippen LogP contribution in [0, 0.1) is 15.9 Å². The Morgan fingerprint density at radius 2 is 2.36 bits per heavy atom. The highest BCUT2D eigenvalue weighted by Gasteiger charge is 2.13. The molecule has 0 atom stereocenters. The largest absolute Gasteiger partial charge is 0.309 e. The third-order valence-electron chi connectivity index (χ3n) is 0.998. The quantitative estimate of drug-likeness (QED) is 0.372. The van der Waals surface area contributed by atoms with Crippen LogP contribution in [-0.2, 0) is 0 Å². The van der Waals surface area contributed by atoms with Crippen LogP contribution in [0.1, 0.15) is 0 Å². The van der Waals surface area contributed by atoms with Gasteiger partial charge >= 0.3 is 5.69 Å². The van der Waals surface area contributed by atoms with E-state index in [0.29, 0.717) is 6.20 Å². The van der Waals surface area contributed by atoms with Crippen molar-refractivity contribution in [1.29, 1.82) is 0 Å². The monoisotopic (exact) mass is 176 g/mol. The maximum Gasteiger partial charge on any atom is 0.309 e.